The first-order valence-electron chi connectivity index (χ1n) is 5.55. The third-order valence-corrected chi connectivity index (χ3v) is 3.86. The van der Waals surface area contributed by atoms with Crippen molar-refractivity contribution in [1.29, 1.82) is 0 Å². The fourth-order valence-corrected chi connectivity index (χ4v) is 2.64. The Morgan fingerprint density at radius 3 is 2.94 bits per heavy atom. The highest BCUT2D eigenvalue weighted by atomic mass is 35.5. The Hall–Kier alpha value is -0.280. The van der Waals surface area contributed by atoms with Crippen LogP contribution in [0.3, 0.4) is 0 Å². The first-order valence-corrected chi connectivity index (χ1v) is 6.30. The molecular formula is C12H15Cl2NO. The summed E-state index contributed by atoms with van der Waals surface area (Å²) in [6, 6.07) is 4.26. The van der Waals surface area contributed by atoms with Crippen molar-refractivity contribution in [3.63, 3.8) is 0 Å². The summed E-state index contributed by atoms with van der Waals surface area (Å²) in [5.41, 5.74) is 2.43. The number of hydrogen-bond acceptors (Lipinski definition) is 2. The maximum atomic E-state index is 8.74. The van der Waals surface area contributed by atoms with Crippen LogP contribution >= 0.6 is 23.2 Å². The average Bonchev–Trinajstić information content (AvgIpc) is 2.68. The maximum absolute atomic E-state index is 8.74. The number of fused-ring (bicyclic) bond motifs is 1. The van der Waals surface area contributed by atoms with Gasteiger partial charge in [-0.15, -0.1) is 0 Å². The highest BCUT2D eigenvalue weighted by Gasteiger charge is 2.24. The molecule has 0 aliphatic heterocycles. The molecule has 0 saturated carbocycles. The van der Waals surface area contributed by atoms with Crippen molar-refractivity contribution in [3.05, 3.63) is 33.3 Å². The second kappa shape index (κ2) is 5.37. The molecule has 0 aromatic heterocycles. The number of aliphatic hydroxyl groups is 1. The van der Waals surface area contributed by atoms with Gasteiger partial charge in [0.05, 0.1) is 10.0 Å². The Morgan fingerprint density at radius 1 is 1.38 bits per heavy atom. The van der Waals surface area contributed by atoms with Crippen LogP contribution in [0.4, 0.5) is 0 Å². The smallest absolute Gasteiger partial charge is 0.0627 e. The summed E-state index contributed by atoms with van der Waals surface area (Å²) in [6.45, 7) is 1.06. The highest BCUT2D eigenvalue weighted by molar-refractivity contribution is 6.42. The molecule has 0 fully saturated rings. The second-order valence-electron chi connectivity index (χ2n) is 4.05. The molecule has 88 valence electrons. The highest BCUT2D eigenvalue weighted by Crippen LogP contribution is 2.38. The molecule has 0 radical (unpaired) electrons. The average molecular weight is 260 g/mol. The number of nitrogens with one attached hydrogen (secondary N) is 1. The quantitative estimate of drug-likeness (QED) is 0.816. The molecule has 16 heavy (non-hydrogen) atoms. The Bertz CT molecular complexity index is 382. The van der Waals surface area contributed by atoms with E-state index >= 15 is 0 Å². The van der Waals surface area contributed by atoms with Crippen molar-refractivity contribution in [2.75, 3.05) is 13.2 Å². The van der Waals surface area contributed by atoms with E-state index in [-0.39, 0.29) is 6.61 Å². The van der Waals surface area contributed by atoms with E-state index < -0.39 is 0 Å². The first-order chi connectivity index (χ1) is 7.74. The Labute approximate surface area is 106 Å². The minimum atomic E-state index is 0.230. The van der Waals surface area contributed by atoms with Gasteiger partial charge in [0.15, 0.2) is 0 Å². The lowest BCUT2D eigenvalue weighted by Gasteiger charge is -2.14. The van der Waals surface area contributed by atoms with Crippen molar-refractivity contribution in [3.8, 4) is 0 Å². The molecule has 2 nitrogen and oxygen atoms in total. The first kappa shape index (κ1) is 12.2. The lowest BCUT2D eigenvalue weighted by molar-refractivity contribution is 0.283. The van der Waals surface area contributed by atoms with Crippen molar-refractivity contribution >= 4 is 23.2 Å². The predicted molar refractivity (Wildman–Crippen MR) is 67.2 cm³/mol. The molecule has 0 amide bonds. The van der Waals surface area contributed by atoms with Crippen LogP contribution in [-0.2, 0) is 6.42 Å². The SMILES string of the molecule is OCCCNC1CCc2c1ccc(Cl)c2Cl. The molecule has 1 unspecified atom stereocenters. The van der Waals surface area contributed by atoms with Crippen molar-refractivity contribution in [2.24, 2.45) is 0 Å². The summed E-state index contributed by atoms with van der Waals surface area (Å²) in [5, 5.41) is 13.5. The molecule has 0 spiro atoms. The monoisotopic (exact) mass is 259 g/mol. The normalized spacial score (nSPS) is 18.8. The molecule has 2 N–H and O–H groups in total. The minimum Gasteiger partial charge on any atom is -0.396 e. The van der Waals surface area contributed by atoms with Gasteiger partial charge in [-0.05, 0) is 43.0 Å². The zero-order chi connectivity index (χ0) is 11.5. The van der Waals surface area contributed by atoms with Gasteiger partial charge < -0.3 is 10.4 Å². The number of hydrogen-bond donors (Lipinski definition) is 2. The van der Waals surface area contributed by atoms with Gasteiger partial charge in [0.25, 0.3) is 0 Å². The molecule has 4 heteroatoms. The van der Waals surface area contributed by atoms with Gasteiger partial charge in [-0.25, -0.2) is 0 Å². The molecule has 0 heterocycles. The number of benzene rings is 1. The van der Waals surface area contributed by atoms with Gasteiger partial charge in [0.1, 0.15) is 0 Å². The second-order valence-corrected chi connectivity index (χ2v) is 4.84. The fourth-order valence-electron chi connectivity index (χ4n) is 2.20. The zero-order valence-electron chi connectivity index (χ0n) is 8.97. The van der Waals surface area contributed by atoms with E-state index in [2.05, 4.69) is 5.32 Å². The molecule has 2 rings (SSSR count). The summed E-state index contributed by atoms with van der Waals surface area (Å²) in [5.74, 6) is 0. The van der Waals surface area contributed by atoms with Gasteiger partial charge in [0.2, 0.25) is 0 Å². The molecule has 1 atom stereocenters. The third kappa shape index (κ3) is 2.35. The Morgan fingerprint density at radius 2 is 2.19 bits per heavy atom. The summed E-state index contributed by atoms with van der Waals surface area (Å²) in [7, 11) is 0. The lowest BCUT2D eigenvalue weighted by Crippen LogP contribution is -2.21. The minimum absolute atomic E-state index is 0.230. The number of aliphatic hydroxyl groups excluding tert-OH is 1. The molecular weight excluding hydrogens is 245 g/mol. The Kier molecular flexibility index (Phi) is 4.09. The van der Waals surface area contributed by atoms with Crippen LogP contribution in [0.15, 0.2) is 12.1 Å². The predicted octanol–water partition coefficient (Wildman–Crippen LogP) is 2.95. The van der Waals surface area contributed by atoms with E-state index in [4.69, 9.17) is 28.3 Å². The third-order valence-electron chi connectivity index (χ3n) is 3.02. The van der Waals surface area contributed by atoms with Crippen LogP contribution in [-0.4, -0.2) is 18.3 Å². The molecule has 1 aliphatic carbocycles. The van der Waals surface area contributed by atoms with E-state index in [9.17, 15) is 0 Å². The molecule has 0 saturated heterocycles. The summed E-state index contributed by atoms with van der Waals surface area (Å²) < 4.78 is 0. The molecule has 0 bridgehead atoms. The Balaban J connectivity index is 2.11. The van der Waals surface area contributed by atoms with E-state index in [0.29, 0.717) is 16.1 Å². The number of rotatable bonds is 4. The summed E-state index contributed by atoms with van der Waals surface area (Å²) >= 11 is 12.1. The van der Waals surface area contributed by atoms with Crippen LogP contribution in [0, 0.1) is 0 Å². The summed E-state index contributed by atoms with van der Waals surface area (Å²) in [4.78, 5) is 0. The molecule has 1 aromatic carbocycles. The van der Waals surface area contributed by atoms with Gasteiger partial charge in [-0.3, -0.25) is 0 Å². The fraction of sp³-hybridized carbons (Fsp3) is 0.500. The van der Waals surface area contributed by atoms with E-state index in [1.165, 1.54) is 11.1 Å². The van der Waals surface area contributed by atoms with Crippen LogP contribution < -0.4 is 5.32 Å². The van der Waals surface area contributed by atoms with Gasteiger partial charge in [-0.2, -0.15) is 0 Å². The topological polar surface area (TPSA) is 32.3 Å². The molecule has 1 aliphatic rings. The van der Waals surface area contributed by atoms with Gasteiger partial charge in [-0.1, -0.05) is 29.3 Å². The molecule has 1 aromatic rings. The van der Waals surface area contributed by atoms with E-state index in [1.54, 1.807) is 0 Å². The maximum Gasteiger partial charge on any atom is 0.0627 e. The van der Waals surface area contributed by atoms with Crippen molar-refractivity contribution in [1.82, 2.24) is 5.32 Å². The van der Waals surface area contributed by atoms with Crippen LogP contribution in [0.1, 0.15) is 30.0 Å². The van der Waals surface area contributed by atoms with Crippen LogP contribution in [0.2, 0.25) is 10.0 Å². The van der Waals surface area contributed by atoms with E-state index in [1.807, 2.05) is 12.1 Å². The van der Waals surface area contributed by atoms with Crippen LogP contribution in [0.5, 0.6) is 0 Å². The zero-order valence-corrected chi connectivity index (χ0v) is 10.5. The van der Waals surface area contributed by atoms with E-state index in [0.717, 1.165) is 25.8 Å². The summed E-state index contributed by atoms with van der Waals surface area (Å²) in [6.07, 6.45) is 2.82. The van der Waals surface area contributed by atoms with Crippen molar-refractivity contribution < 1.29 is 5.11 Å². The van der Waals surface area contributed by atoms with Gasteiger partial charge in [0, 0.05) is 12.6 Å². The van der Waals surface area contributed by atoms with Gasteiger partial charge >= 0.3 is 0 Å². The standard InChI is InChI=1S/C12H15Cl2NO/c13-10-4-2-8-9(12(10)14)3-5-11(8)15-6-1-7-16/h2,4,11,15-16H,1,3,5-7H2. The van der Waals surface area contributed by atoms with Crippen molar-refractivity contribution in [2.45, 2.75) is 25.3 Å². The number of halogens is 2. The lowest BCUT2D eigenvalue weighted by atomic mass is 10.1. The van der Waals surface area contributed by atoms with Crippen LogP contribution in [0.25, 0.3) is 0 Å². The largest absolute Gasteiger partial charge is 0.396 e.